The number of likely N-dealkylation sites (N-methyl/N-ethyl adjacent to an activating group) is 1. The molecule has 0 aliphatic heterocycles. The number of nitrogens with one attached hydrogen (secondary N) is 1. The van der Waals surface area contributed by atoms with Crippen molar-refractivity contribution in [1.29, 1.82) is 0 Å². The minimum atomic E-state index is -0.926. The molecular weight excluding hydrogens is 336 g/mol. The third-order valence-corrected chi connectivity index (χ3v) is 4.23. The molecule has 124 valence electrons. The molecule has 0 spiro atoms. The van der Waals surface area contributed by atoms with Crippen LogP contribution >= 0.6 is 11.3 Å². The molecule has 0 unspecified atom stereocenters. The highest BCUT2D eigenvalue weighted by Crippen LogP contribution is 2.20. The minimum absolute atomic E-state index is 0.116. The lowest BCUT2D eigenvalue weighted by Gasteiger charge is -2.16. The Labute approximate surface area is 140 Å². The van der Waals surface area contributed by atoms with Crippen LogP contribution in [0, 0.1) is 11.6 Å². The zero-order chi connectivity index (χ0) is 17.1. The van der Waals surface area contributed by atoms with Gasteiger partial charge in [-0.05, 0) is 17.7 Å². The highest BCUT2D eigenvalue weighted by molar-refractivity contribution is 7.13. The minimum Gasteiger partial charge on any atom is -0.341 e. The van der Waals surface area contributed by atoms with Gasteiger partial charge in [-0.3, -0.25) is 9.89 Å². The second-order valence-corrected chi connectivity index (χ2v) is 6.01. The first-order valence-corrected chi connectivity index (χ1v) is 7.89. The van der Waals surface area contributed by atoms with Crippen molar-refractivity contribution in [3.05, 3.63) is 52.8 Å². The normalized spacial score (nSPS) is 10.8. The van der Waals surface area contributed by atoms with E-state index in [1.165, 1.54) is 28.6 Å². The average molecular weight is 349 g/mol. The van der Waals surface area contributed by atoms with E-state index >= 15 is 0 Å². The van der Waals surface area contributed by atoms with Crippen LogP contribution in [-0.4, -0.2) is 38.0 Å². The van der Waals surface area contributed by atoms with Gasteiger partial charge in [0.05, 0.1) is 12.1 Å². The maximum absolute atomic E-state index is 13.2. The fourth-order valence-corrected chi connectivity index (χ4v) is 2.86. The first-order valence-electron chi connectivity index (χ1n) is 7.01. The van der Waals surface area contributed by atoms with Gasteiger partial charge in [-0.25, -0.2) is 18.7 Å². The molecule has 3 rings (SSSR count). The molecule has 0 aliphatic rings. The average Bonchev–Trinajstić information content (AvgIpc) is 3.21. The number of aromatic nitrogens is 4. The fourth-order valence-electron chi connectivity index (χ4n) is 2.10. The van der Waals surface area contributed by atoms with Crippen LogP contribution in [0.3, 0.4) is 0 Å². The van der Waals surface area contributed by atoms with Crippen molar-refractivity contribution in [2.75, 3.05) is 7.05 Å². The van der Waals surface area contributed by atoms with E-state index in [4.69, 9.17) is 0 Å². The van der Waals surface area contributed by atoms with Crippen LogP contribution in [0.25, 0.3) is 10.8 Å². The van der Waals surface area contributed by atoms with E-state index in [2.05, 4.69) is 20.2 Å². The van der Waals surface area contributed by atoms with Gasteiger partial charge in [0.15, 0.2) is 22.5 Å². The fraction of sp³-hybridized carbons (Fsp3) is 0.200. The first kappa shape index (κ1) is 16.2. The third kappa shape index (κ3) is 3.62. The zero-order valence-electron chi connectivity index (χ0n) is 12.7. The molecule has 0 atom stereocenters. The van der Waals surface area contributed by atoms with Gasteiger partial charge in [0.1, 0.15) is 6.33 Å². The van der Waals surface area contributed by atoms with Crippen molar-refractivity contribution in [3.8, 4) is 10.8 Å². The molecule has 9 heteroatoms. The number of carbonyl (C=O) groups excluding carboxylic acids is 1. The number of carbonyl (C=O) groups is 1. The number of hydrogen-bond donors (Lipinski definition) is 1. The Morgan fingerprint density at radius 3 is 2.88 bits per heavy atom. The second-order valence-electron chi connectivity index (χ2n) is 5.15. The van der Waals surface area contributed by atoms with Crippen LogP contribution in [0.1, 0.15) is 11.3 Å². The Morgan fingerprint density at radius 1 is 1.33 bits per heavy atom. The number of rotatable bonds is 5. The number of halogens is 2. The monoisotopic (exact) mass is 349 g/mol. The summed E-state index contributed by atoms with van der Waals surface area (Å²) in [5.74, 6) is -1.46. The second kappa shape index (κ2) is 6.83. The summed E-state index contributed by atoms with van der Waals surface area (Å²) in [6.07, 6.45) is 1.50. The Balaban J connectivity index is 1.63. The molecule has 0 bridgehead atoms. The number of benzene rings is 1. The van der Waals surface area contributed by atoms with Gasteiger partial charge in [0, 0.05) is 19.0 Å². The van der Waals surface area contributed by atoms with E-state index in [1.54, 1.807) is 12.4 Å². The predicted molar refractivity (Wildman–Crippen MR) is 84.0 cm³/mol. The first-order chi connectivity index (χ1) is 11.5. The largest absolute Gasteiger partial charge is 0.341 e. The highest BCUT2D eigenvalue weighted by Gasteiger charge is 2.15. The SMILES string of the molecule is CN(Cc1ccc(F)c(F)c1)C(=O)Cc1csc(-c2ncn[nH]2)n1. The standard InChI is InChI=1S/C15H13F2N5OS/c1-22(6-9-2-3-11(16)12(17)4-9)13(23)5-10-7-24-15(20-10)14-18-8-19-21-14/h2-4,7-8H,5-6H2,1H3,(H,18,19,21). The number of thiazole rings is 1. The molecule has 2 heterocycles. The summed E-state index contributed by atoms with van der Waals surface area (Å²) in [6.45, 7) is 0.190. The van der Waals surface area contributed by atoms with Crippen molar-refractivity contribution in [1.82, 2.24) is 25.1 Å². The number of H-pyrrole nitrogens is 1. The number of nitrogens with zero attached hydrogens (tertiary/aromatic N) is 4. The maximum Gasteiger partial charge on any atom is 0.228 e. The number of amides is 1. The molecule has 1 amide bonds. The van der Waals surface area contributed by atoms with Gasteiger partial charge in [-0.15, -0.1) is 11.3 Å². The molecule has 1 aromatic carbocycles. The smallest absolute Gasteiger partial charge is 0.228 e. The summed E-state index contributed by atoms with van der Waals surface area (Å²) in [5.41, 5.74) is 1.14. The van der Waals surface area contributed by atoms with Crippen LogP contribution in [0.4, 0.5) is 8.78 Å². The van der Waals surface area contributed by atoms with Crippen molar-refractivity contribution in [2.24, 2.45) is 0 Å². The van der Waals surface area contributed by atoms with Gasteiger partial charge in [-0.1, -0.05) is 6.07 Å². The van der Waals surface area contributed by atoms with Gasteiger partial charge in [-0.2, -0.15) is 5.10 Å². The number of hydrogen-bond acceptors (Lipinski definition) is 5. The van der Waals surface area contributed by atoms with Crippen LogP contribution in [0.5, 0.6) is 0 Å². The molecule has 24 heavy (non-hydrogen) atoms. The Kier molecular flexibility index (Phi) is 4.61. The summed E-state index contributed by atoms with van der Waals surface area (Å²) in [7, 11) is 1.60. The van der Waals surface area contributed by atoms with E-state index in [0.29, 0.717) is 22.1 Å². The van der Waals surface area contributed by atoms with E-state index in [-0.39, 0.29) is 18.9 Å². The molecule has 1 N–H and O–H groups in total. The summed E-state index contributed by atoms with van der Waals surface area (Å²) in [4.78, 5) is 22.0. The topological polar surface area (TPSA) is 74.8 Å². The molecule has 0 aliphatic carbocycles. The third-order valence-electron chi connectivity index (χ3n) is 3.33. The summed E-state index contributed by atoms with van der Waals surface area (Å²) < 4.78 is 26.1. The predicted octanol–water partition coefficient (Wildman–Crippen LogP) is 2.41. The number of aromatic amines is 1. The lowest BCUT2D eigenvalue weighted by molar-refractivity contribution is -0.129. The van der Waals surface area contributed by atoms with Crippen molar-refractivity contribution >= 4 is 17.2 Å². The Bertz CT molecular complexity index is 849. The molecule has 0 saturated carbocycles. The molecule has 0 radical (unpaired) electrons. The van der Waals surface area contributed by atoms with Gasteiger partial charge < -0.3 is 4.90 Å². The van der Waals surface area contributed by atoms with Gasteiger partial charge in [0.2, 0.25) is 5.91 Å². The van der Waals surface area contributed by atoms with E-state index in [9.17, 15) is 13.6 Å². The Morgan fingerprint density at radius 2 is 2.17 bits per heavy atom. The van der Waals surface area contributed by atoms with Crippen LogP contribution < -0.4 is 0 Å². The summed E-state index contributed by atoms with van der Waals surface area (Å²) in [5, 5.41) is 8.90. The van der Waals surface area contributed by atoms with E-state index in [0.717, 1.165) is 12.1 Å². The van der Waals surface area contributed by atoms with Crippen molar-refractivity contribution in [3.63, 3.8) is 0 Å². The lowest BCUT2D eigenvalue weighted by atomic mass is 10.2. The van der Waals surface area contributed by atoms with Crippen molar-refractivity contribution in [2.45, 2.75) is 13.0 Å². The van der Waals surface area contributed by atoms with Crippen LogP contribution in [0.2, 0.25) is 0 Å². The van der Waals surface area contributed by atoms with Gasteiger partial charge >= 0.3 is 0 Å². The van der Waals surface area contributed by atoms with E-state index < -0.39 is 11.6 Å². The van der Waals surface area contributed by atoms with E-state index in [1.807, 2.05) is 0 Å². The molecule has 0 saturated heterocycles. The molecule has 0 fully saturated rings. The molecule has 2 aromatic heterocycles. The highest BCUT2D eigenvalue weighted by atomic mass is 32.1. The lowest BCUT2D eigenvalue weighted by Crippen LogP contribution is -2.27. The quantitative estimate of drug-likeness (QED) is 0.768. The maximum atomic E-state index is 13.2. The molecule has 6 nitrogen and oxygen atoms in total. The molecular formula is C15H13F2N5OS. The zero-order valence-corrected chi connectivity index (χ0v) is 13.5. The Hall–Kier alpha value is -2.68. The van der Waals surface area contributed by atoms with Crippen LogP contribution in [-0.2, 0) is 17.8 Å². The summed E-state index contributed by atoms with van der Waals surface area (Å²) in [6, 6.07) is 3.59. The van der Waals surface area contributed by atoms with Crippen LogP contribution in [0.15, 0.2) is 29.9 Å². The van der Waals surface area contributed by atoms with Gasteiger partial charge in [0.25, 0.3) is 0 Å². The van der Waals surface area contributed by atoms with Crippen molar-refractivity contribution < 1.29 is 13.6 Å². The summed E-state index contributed by atoms with van der Waals surface area (Å²) >= 11 is 1.36. The molecule has 3 aromatic rings.